The number of carbonyl (C=O) groups is 2. The molecule has 1 aliphatic carbocycles. The molecule has 0 amide bonds. The number of carbonyl (C=O) groups excluding carboxylic acids is 1. The van der Waals surface area contributed by atoms with Crippen LogP contribution in [0.15, 0.2) is 24.8 Å². The second-order valence-corrected chi connectivity index (χ2v) is 12.8. The number of phenols is 1. The smallest absolute Gasteiger partial charge is 0.368 e. The van der Waals surface area contributed by atoms with Gasteiger partial charge in [0.15, 0.2) is 11.5 Å². The number of carboxylic acids is 1. The molecule has 10 nitrogen and oxygen atoms in total. The number of benzene rings is 1. The lowest BCUT2D eigenvalue weighted by atomic mass is 9.53. The molecular weight excluding hydrogens is 542 g/mol. The van der Waals surface area contributed by atoms with Gasteiger partial charge in [-0.15, -0.1) is 0 Å². The van der Waals surface area contributed by atoms with Crippen LogP contribution >= 0.6 is 0 Å². The van der Waals surface area contributed by atoms with Gasteiger partial charge in [-0.1, -0.05) is 26.0 Å². The first kappa shape index (κ1) is 37.5. The third-order valence-corrected chi connectivity index (χ3v) is 8.13. The van der Waals surface area contributed by atoms with E-state index in [2.05, 4.69) is 13.5 Å². The van der Waals surface area contributed by atoms with Crippen molar-refractivity contribution in [2.75, 3.05) is 26.8 Å². The van der Waals surface area contributed by atoms with Crippen molar-refractivity contribution in [2.45, 2.75) is 115 Å². The average molecular weight is 597 g/mol. The number of aliphatic carboxylic acids is 1. The normalized spacial score (nSPS) is 26.9. The van der Waals surface area contributed by atoms with Crippen LogP contribution < -0.4 is 9.64 Å². The molecule has 1 aromatic carbocycles. The number of aliphatic hydroxyl groups is 3. The van der Waals surface area contributed by atoms with Gasteiger partial charge in [-0.05, 0) is 72.1 Å². The Bertz CT molecular complexity index is 1030. The monoisotopic (exact) mass is 596 g/mol. The molecule has 0 radical (unpaired) electrons. The Morgan fingerprint density at radius 1 is 1.24 bits per heavy atom. The van der Waals surface area contributed by atoms with Crippen molar-refractivity contribution in [3.05, 3.63) is 35.9 Å². The summed E-state index contributed by atoms with van der Waals surface area (Å²) in [6.07, 6.45) is 6.01. The van der Waals surface area contributed by atoms with E-state index in [4.69, 9.17) is 29.3 Å². The Balaban J connectivity index is 0.000000411. The molecule has 4 rings (SSSR count). The Labute approximate surface area is 251 Å². The predicted molar refractivity (Wildman–Crippen MR) is 161 cm³/mol. The first-order valence-corrected chi connectivity index (χ1v) is 14.6. The number of likely N-dealkylation sites (tertiary alicyclic amines) is 1. The number of ether oxygens (including phenoxy) is 2. The fraction of sp³-hybridized carbons (Fsp3) is 0.688. The minimum absolute atomic E-state index is 0.0624. The van der Waals surface area contributed by atoms with Crippen molar-refractivity contribution in [3.63, 3.8) is 0 Å². The average Bonchev–Trinajstić information content (AvgIpc) is 3.21. The standard InChI is InChI=1S/C20H27NO3.C9H20O2.C2H2O3.CH4O/c1-4-6-16-20-9-11-21(10-5-2)15(19(20,3)23)12-13-7-8-14(22)18(24-16)17(13)20;1-8(2,3)11-7-6-9(4,5)10;3-1-2(4)5;1-2/h5,7-8,15-16,22-23H,2,4,6,9-12H2,1,3H3;10H,6-7H2,1-5H3;1H,(H,4,5);2H,1H3/p+1/t15?,16-,19?,20?;;;/m0.../s1. The molecular formula is C32H54NO9+. The molecule has 2 aliphatic heterocycles. The van der Waals surface area contributed by atoms with E-state index in [1.807, 2.05) is 39.8 Å². The molecule has 1 saturated heterocycles. The molecule has 5 atom stereocenters. The highest BCUT2D eigenvalue weighted by molar-refractivity contribution is 6.19. The van der Waals surface area contributed by atoms with E-state index < -0.39 is 22.6 Å². The number of rotatable bonds is 8. The molecule has 1 fully saturated rings. The SMILES string of the molecule is C=CC[NH+]1CCC23c4c(ccc(O)c4O[C@H]2CCC)CC1C3(C)O.CC(C)(O)CCOC(C)(C)C.CO.O=CC(=O)O. The van der Waals surface area contributed by atoms with E-state index in [0.717, 1.165) is 51.4 Å². The quantitative estimate of drug-likeness (QED) is 0.150. The maximum Gasteiger partial charge on any atom is 0.368 e. The van der Waals surface area contributed by atoms with Crippen LogP contribution in [-0.4, -0.2) is 93.5 Å². The number of phenolic OH excluding ortho intramolecular Hbond substituents is 1. The van der Waals surface area contributed by atoms with E-state index in [0.29, 0.717) is 18.8 Å². The Hall–Kier alpha value is -2.50. The number of carboxylic acid groups (broad SMARTS) is 1. The summed E-state index contributed by atoms with van der Waals surface area (Å²) >= 11 is 0. The second-order valence-electron chi connectivity index (χ2n) is 12.8. The summed E-state index contributed by atoms with van der Waals surface area (Å²) in [4.78, 5) is 19.3. The molecule has 4 unspecified atom stereocenters. The van der Waals surface area contributed by atoms with Gasteiger partial charge in [-0.2, -0.15) is 0 Å². The van der Waals surface area contributed by atoms with Crippen molar-refractivity contribution in [2.24, 2.45) is 0 Å². The maximum atomic E-state index is 11.8. The summed E-state index contributed by atoms with van der Waals surface area (Å²) < 4.78 is 11.7. The third kappa shape index (κ3) is 8.76. The minimum atomic E-state index is -1.43. The van der Waals surface area contributed by atoms with Crippen LogP contribution in [0.25, 0.3) is 0 Å². The largest absolute Gasteiger partial charge is 0.504 e. The lowest BCUT2D eigenvalue weighted by Gasteiger charge is -2.57. The molecule has 1 spiro atoms. The first-order valence-electron chi connectivity index (χ1n) is 14.6. The van der Waals surface area contributed by atoms with Gasteiger partial charge < -0.3 is 39.9 Å². The fourth-order valence-electron chi connectivity index (χ4n) is 6.32. The Morgan fingerprint density at radius 3 is 2.31 bits per heavy atom. The van der Waals surface area contributed by atoms with Gasteiger partial charge in [-0.25, -0.2) is 4.79 Å². The highest BCUT2D eigenvalue weighted by Gasteiger charge is 2.69. The third-order valence-electron chi connectivity index (χ3n) is 8.13. The number of aldehydes is 1. The molecule has 6 N–H and O–H groups in total. The number of fused-ring (bicyclic) bond motifs is 1. The van der Waals surface area contributed by atoms with Crippen LogP contribution in [-0.2, 0) is 26.2 Å². The van der Waals surface area contributed by atoms with Crippen LogP contribution in [0.5, 0.6) is 11.5 Å². The highest BCUT2D eigenvalue weighted by Crippen LogP contribution is 2.60. The number of aromatic hydroxyl groups is 1. The minimum Gasteiger partial charge on any atom is -0.504 e. The van der Waals surface area contributed by atoms with E-state index in [-0.39, 0.29) is 29.8 Å². The van der Waals surface area contributed by atoms with Crippen molar-refractivity contribution in [3.8, 4) is 11.5 Å². The van der Waals surface area contributed by atoms with Crippen LogP contribution in [0.4, 0.5) is 0 Å². The van der Waals surface area contributed by atoms with Gasteiger partial charge in [0.05, 0.1) is 29.7 Å². The fourth-order valence-corrected chi connectivity index (χ4v) is 6.32. The van der Waals surface area contributed by atoms with Crippen molar-refractivity contribution >= 4 is 12.3 Å². The van der Waals surface area contributed by atoms with Gasteiger partial charge in [0, 0.05) is 32.1 Å². The zero-order valence-electron chi connectivity index (χ0n) is 26.7. The van der Waals surface area contributed by atoms with Crippen LogP contribution in [0, 0.1) is 0 Å². The molecule has 240 valence electrons. The zero-order chi connectivity index (χ0) is 32.5. The van der Waals surface area contributed by atoms with E-state index >= 15 is 0 Å². The first-order chi connectivity index (χ1) is 19.4. The molecule has 3 aliphatic rings. The number of nitrogens with one attached hydrogen (secondary N) is 1. The van der Waals surface area contributed by atoms with E-state index in [1.165, 1.54) is 10.5 Å². The number of hydrogen-bond acceptors (Lipinski definition) is 8. The van der Waals surface area contributed by atoms with E-state index in [9.17, 15) is 15.3 Å². The number of aliphatic hydroxyl groups excluding tert-OH is 1. The van der Waals surface area contributed by atoms with Gasteiger partial charge in [0.2, 0.25) is 6.29 Å². The topological polar surface area (TPSA) is 158 Å². The van der Waals surface area contributed by atoms with Gasteiger partial charge >= 0.3 is 5.97 Å². The van der Waals surface area contributed by atoms with Crippen LogP contribution in [0.2, 0.25) is 0 Å². The predicted octanol–water partition coefficient (Wildman–Crippen LogP) is 2.18. The van der Waals surface area contributed by atoms with Crippen molar-refractivity contribution < 1.29 is 49.5 Å². The molecule has 1 aromatic rings. The molecule has 2 bridgehead atoms. The lowest BCUT2D eigenvalue weighted by Crippen LogP contribution is -3.21. The summed E-state index contributed by atoms with van der Waals surface area (Å²) in [6.45, 7) is 20.1. The summed E-state index contributed by atoms with van der Waals surface area (Å²) in [5.41, 5.74) is 0.366. The Morgan fingerprint density at radius 2 is 1.83 bits per heavy atom. The summed E-state index contributed by atoms with van der Waals surface area (Å²) in [5, 5.41) is 45.8. The second kappa shape index (κ2) is 15.3. The van der Waals surface area contributed by atoms with Gasteiger partial charge in [-0.3, -0.25) is 4.79 Å². The van der Waals surface area contributed by atoms with Crippen LogP contribution in [0.3, 0.4) is 0 Å². The molecule has 0 saturated carbocycles. The lowest BCUT2D eigenvalue weighted by molar-refractivity contribution is -0.936. The highest BCUT2D eigenvalue weighted by atomic mass is 16.5. The number of quaternary nitrogens is 1. The van der Waals surface area contributed by atoms with Gasteiger partial charge in [0.1, 0.15) is 17.7 Å². The summed E-state index contributed by atoms with van der Waals surface area (Å²) in [6, 6.07) is 3.91. The van der Waals surface area contributed by atoms with E-state index in [1.54, 1.807) is 19.9 Å². The summed E-state index contributed by atoms with van der Waals surface area (Å²) in [7, 11) is 1.00. The van der Waals surface area contributed by atoms with Crippen LogP contribution in [0.1, 0.15) is 85.3 Å². The zero-order valence-corrected chi connectivity index (χ0v) is 26.7. The van der Waals surface area contributed by atoms with Crippen molar-refractivity contribution in [1.29, 1.82) is 0 Å². The molecule has 10 heteroatoms. The Kier molecular flexibility index (Phi) is 13.7. The molecule has 2 heterocycles. The molecule has 42 heavy (non-hydrogen) atoms. The molecule has 0 aromatic heterocycles. The van der Waals surface area contributed by atoms with Crippen molar-refractivity contribution in [1.82, 2.24) is 0 Å². The maximum absolute atomic E-state index is 11.8. The van der Waals surface area contributed by atoms with Gasteiger partial charge in [0.25, 0.3) is 0 Å². The summed E-state index contributed by atoms with van der Waals surface area (Å²) in [5.74, 6) is -0.594. The number of hydrogen-bond donors (Lipinski definition) is 6. The number of piperidine rings is 1.